The van der Waals surface area contributed by atoms with Crippen molar-refractivity contribution in [3.05, 3.63) is 48.3 Å². The average Bonchev–Trinajstić information content (AvgIpc) is 3.27. The molecule has 10 heteroatoms. The Balaban J connectivity index is 2.12. The van der Waals surface area contributed by atoms with Gasteiger partial charge in [-0.05, 0) is 30.5 Å². The number of alkyl halides is 2. The molecule has 1 atom stereocenters. The van der Waals surface area contributed by atoms with Crippen LogP contribution in [-0.2, 0) is 22.0 Å². The zero-order chi connectivity index (χ0) is 17.6. The first kappa shape index (κ1) is 16.9. The van der Waals surface area contributed by atoms with Crippen LogP contribution in [0.3, 0.4) is 0 Å². The number of halogens is 3. The molecule has 1 fully saturated rings. The summed E-state index contributed by atoms with van der Waals surface area (Å²) in [6, 6.07) is 3.62. The molecule has 1 heterocycles. The van der Waals surface area contributed by atoms with Crippen molar-refractivity contribution in [1.82, 2.24) is 14.8 Å². The Morgan fingerprint density at radius 2 is 1.88 bits per heavy atom. The van der Waals surface area contributed by atoms with Gasteiger partial charge in [0, 0.05) is 0 Å². The van der Waals surface area contributed by atoms with Crippen LogP contribution in [0.1, 0.15) is 18.4 Å². The fourth-order valence-electron chi connectivity index (χ4n) is 2.45. The zero-order valence-corrected chi connectivity index (χ0v) is 13.1. The maximum Gasteiger partial charge on any atom is 0.379 e. The molecule has 130 valence electrons. The summed E-state index contributed by atoms with van der Waals surface area (Å²) < 4.78 is 68.3. The standard InChI is InChI=1S/C14H14F3N3O3S/c15-11-3-1-10(2-4-11)13(21,7-20-9-18-8-19-20)14(16,17)24(22,23)12-5-6-12/h1-4,8-9,12,21H,5-7H2. The Kier molecular flexibility index (Phi) is 3.91. The number of sulfone groups is 1. The minimum atomic E-state index is -4.92. The van der Waals surface area contributed by atoms with Crippen LogP contribution in [0.25, 0.3) is 0 Å². The molecule has 1 aromatic heterocycles. The van der Waals surface area contributed by atoms with E-state index in [0.717, 1.165) is 41.6 Å². The predicted octanol–water partition coefficient (Wildman–Crippen LogP) is 1.48. The summed E-state index contributed by atoms with van der Waals surface area (Å²) in [5, 5.41) is 8.72. The van der Waals surface area contributed by atoms with Crippen LogP contribution in [0.15, 0.2) is 36.9 Å². The fraction of sp³-hybridized carbons (Fsp3) is 0.429. The summed E-state index contributed by atoms with van der Waals surface area (Å²) in [6.07, 6.45) is 2.40. The van der Waals surface area contributed by atoms with E-state index < -0.39 is 43.9 Å². The SMILES string of the molecule is O=S(=O)(C1CC1)C(F)(F)C(O)(Cn1cncn1)c1ccc(F)cc1. The maximum absolute atomic E-state index is 14.9. The molecule has 1 N–H and O–H groups in total. The first-order valence-corrected chi connectivity index (χ1v) is 8.65. The molecule has 3 rings (SSSR count). The lowest BCUT2D eigenvalue weighted by Crippen LogP contribution is -2.54. The van der Waals surface area contributed by atoms with Crippen LogP contribution in [0.4, 0.5) is 13.2 Å². The molecule has 1 saturated carbocycles. The number of rotatable bonds is 6. The molecule has 1 aromatic carbocycles. The van der Waals surface area contributed by atoms with Crippen LogP contribution in [0.2, 0.25) is 0 Å². The topological polar surface area (TPSA) is 85.1 Å². The maximum atomic E-state index is 14.9. The number of hydrogen-bond donors (Lipinski definition) is 1. The van der Waals surface area contributed by atoms with Crippen molar-refractivity contribution >= 4 is 9.84 Å². The van der Waals surface area contributed by atoms with E-state index in [1.807, 2.05) is 0 Å². The molecule has 1 aliphatic carbocycles. The Morgan fingerprint density at radius 3 is 2.38 bits per heavy atom. The quantitative estimate of drug-likeness (QED) is 0.842. The van der Waals surface area contributed by atoms with Gasteiger partial charge in [-0.2, -0.15) is 13.9 Å². The summed E-state index contributed by atoms with van der Waals surface area (Å²) in [6.45, 7) is -0.850. The number of aliphatic hydroxyl groups is 1. The Labute approximate surface area is 135 Å². The van der Waals surface area contributed by atoms with Crippen molar-refractivity contribution in [3.63, 3.8) is 0 Å². The second kappa shape index (κ2) is 5.55. The van der Waals surface area contributed by atoms with Crippen molar-refractivity contribution in [2.45, 2.75) is 35.5 Å². The Bertz CT molecular complexity index is 821. The number of hydrogen-bond acceptors (Lipinski definition) is 5. The third-order valence-corrected chi connectivity index (χ3v) is 6.38. The van der Waals surface area contributed by atoms with Crippen LogP contribution in [0, 0.1) is 5.82 Å². The van der Waals surface area contributed by atoms with Gasteiger partial charge in [0.25, 0.3) is 0 Å². The fourth-order valence-corrected chi connectivity index (χ4v) is 4.28. The highest BCUT2D eigenvalue weighted by Gasteiger charge is 2.66. The lowest BCUT2D eigenvalue weighted by atomic mass is 9.93. The highest BCUT2D eigenvalue weighted by Crippen LogP contribution is 2.48. The van der Waals surface area contributed by atoms with Crippen LogP contribution < -0.4 is 0 Å². The van der Waals surface area contributed by atoms with E-state index in [2.05, 4.69) is 10.1 Å². The molecule has 1 aliphatic rings. The third kappa shape index (κ3) is 2.59. The van der Waals surface area contributed by atoms with Crippen molar-refractivity contribution in [2.24, 2.45) is 0 Å². The summed E-state index contributed by atoms with van der Waals surface area (Å²) in [4.78, 5) is 3.59. The average molecular weight is 361 g/mol. The minimum Gasteiger partial charge on any atom is -0.376 e. The van der Waals surface area contributed by atoms with E-state index in [1.165, 1.54) is 0 Å². The second-order valence-electron chi connectivity index (χ2n) is 5.72. The molecule has 0 radical (unpaired) electrons. The Hall–Kier alpha value is -1.94. The van der Waals surface area contributed by atoms with Gasteiger partial charge in [0.2, 0.25) is 9.84 Å². The predicted molar refractivity (Wildman–Crippen MR) is 77.2 cm³/mol. The monoisotopic (exact) mass is 361 g/mol. The molecule has 0 saturated heterocycles. The van der Waals surface area contributed by atoms with E-state index in [1.54, 1.807) is 0 Å². The first-order valence-electron chi connectivity index (χ1n) is 7.10. The lowest BCUT2D eigenvalue weighted by Gasteiger charge is -2.35. The number of nitrogens with zero attached hydrogens (tertiary/aromatic N) is 3. The van der Waals surface area contributed by atoms with Crippen LogP contribution in [0.5, 0.6) is 0 Å². The first-order chi connectivity index (χ1) is 11.2. The summed E-state index contributed by atoms with van der Waals surface area (Å²) >= 11 is 0. The van der Waals surface area contributed by atoms with Gasteiger partial charge in [0.1, 0.15) is 18.5 Å². The number of aromatic nitrogens is 3. The molecule has 0 bridgehead atoms. The molecule has 6 nitrogen and oxygen atoms in total. The van der Waals surface area contributed by atoms with Gasteiger partial charge in [0.15, 0.2) is 5.60 Å². The van der Waals surface area contributed by atoms with E-state index >= 15 is 0 Å². The van der Waals surface area contributed by atoms with E-state index in [-0.39, 0.29) is 12.8 Å². The smallest absolute Gasteiger partial charge is 0.376 e. The van der Waals surface area contributed by atoms with E-state index in [4.69, 9.17) is 0 Å². The summed E-state index contributed by atoms with van der Waals surface area (Å²) in [7, 11) is -4.92. The largest absolute Gasteiger partial charge is 0.379 e. The third-order valence-electron chi connectivity index (χ3n) is 3.98. The molecule has 24 heavy (non-hydrogen) atoms. The molecule has 2 aromatic rings. The van der Waals surface area contributed by atoms with Gasteiger partial charge in [-0.25, -0.2) is 22.5 Å². The minimum absolute atomic E-state index is 0.126. The van der Waals surface area contributed by atoms with Gasteiger partial charge < -0.3 is 5.11 Å². The van der Waals surface area contributed by atoms with Gasteiger partial charge in [-0.1, -0.05) is 12.1 Å². The molecule has 1 unspecified atom stereocenters. The molecular weight excluding hydrogens is 347 g/mol. The van der Waals surface area contributed by atoms with Gasteiger partial charge in [-0.3, -0.25) is 0 Å². The van der Waals surface area contributed by atoms with Crippen LogP contribution >= 0.6 is 0 Å². The van der Waals surface area contributed by atoms with Crippen molar-refractivity contribution in [3.8, 4) is 0 Å². The normalized spacial score (nSPS) is 18.3. The van der Waals surface area contributed by atoms with Gasteiger partial charge in [0.05, 0.1) is 11.8 Å². The van der Waals surface area contributed by atoms with Crippen molar-refractivity contribution in [1.29, 1.82) is 0 Å². The second-order valence-corrected chi connectivity index (χ2v) is 7.99. The Morgan fingerprint density at radius 1 is 1.25 bits per heavy atom. The van der Waals surface area contributed by atoms with Gasteiger partial charge in [-0.15, -0.1) is 0 Å². The highest BCUT2D eigenvalue weighted by atomic mass is 32.2. The molecule has 0 aliphatic heterocycles. The van der Waals surface area contributed by atoms with Crippen molar-refractivity contribution in [2.75, 3.05) is 0 Å². The van der Waals surface area contributed by atoms with Crippen LogP contribution in [-0.4, -0.2) is 38.8 Å². The van der Waals surface area contributed by atoms with Gasteiger partial charge >= 0.3 is 5.25 Å². The highest BCUT2D eigenvalue weighted by molar-refractivity contribution is 7.93. The molecule has 0 spiro atoms. The molecule has 0 amide bonds. The zero-order valence-electron chi connectivity index (χ0n) is 12.3. The number of benzene rings is 1. The van der Waals surface area contributed by atoms with Crippen molar-refractivity contribution < 1.29 is 26.7 Å². The molecular formula is C14H14F3N3O3S. The van der Waals surface area contributed by atoms with E-state index in [9.17, 15) is 26.7 Å². The van der Waals surface area contributed by atoms with E-state index in [0.29, 0.717) is 0 Å². The summed E-state index contributed by atoms with van der Waals surface area (Å²) in [5.74, 6) is -0.699. The summed E-state index contributed by atoms with van der Waals surface area (Å²) in [5.41, 5.74) is -3.54. The lowest BCUT2D eigenvalue weighted by molar-refractivity contribution is -0.143.